The van der Waals surface area contributed by atoms with Gasteiger partial charge < -0.3 is 9.88 Å². The number of nitrogens with zero attached hydrogens (tertiary/aromatic N) is 1. The van der Waals surface area contributed by atoms with E-state index >= 15 is 0 Å². The van der Waals surface area contributed by atoms with E-state index in [1.54, 1.807) is 6.08 Å². The van der Waals surface area contributed by atoms with Gasteiger partial charge in [0.2, 0.25) is 0 Å². The molecule has 2 heteroatoms. The number of rotatable bonds is 8. The Labute approximate surface area is 323 Å². The van der Waals surface area contributed by atoms with E-state index in [1.807, 2.05) is 19.1 Å². The first-order valence-corrected chi connectivity index (χ1v) is 18.7. The molecular weight excluding hydrogens is 665 g/mol. The van der Waals surface area contributed by atoms with Crippen molar-refractivity contribution < 1.29 is 0 Å². The van der Waals surface area contributed by atoms with Crippen LogP contribution in [0.15, 0.2) is 225 Å². The second kappa shape index (κ2) is 15.8. The molecule has 9 rings (SSSR count). The van der Waals surface area contributed by atoms with Gasteiger partial charge in [-0.25, -0.2) is 0 Å². The highest BCUT2D eigenvalue weighted by molar-refractivity contribution is 6.18. The Hall–Kier alpha value is -7.16. The second-order valence-electron chi connectivity index (χ2n) is 13.7. The molecule has 0 spiro atoms. The van der Waals surface area contributed by atoms with Crippen LogP contribution in [0, 0.1) is 0 Å². The van der Waals surface area contributed by atoms with Crippen LogP contribution in [0.4, 0.5) is 11.4 Å². The van der Waals surface area contributed by atoms with Crippen LogP contribution >= 0.6 is 0 Å². The van der Waals surface area contributed by atoms with Crippen LogP contribution in [0.1, 0.15) is 6.92 Å². The number of para-hydroxylation sites is 1. The predicted molar refractivity (Wildman–Crippen MR) is 238 cm³/mol. The predicted octanol–water partition coefficient (Wildman–Crippen LogP) is 15.0. The molecule has 0 saturated heterocycles. The van der Waals surface area contributed by atoms with E-state index in [1.165, 1.54) is 66.0 Å². The van der Waals surface area contributed by atoms with Crippen molar-refractivity contribution in [2.24, 2.45) is 0 Å². The molecule has 0 aliphatic rings. The summed E-state index contributed by atoms with van der Waals surface area (Å²) in [7, 11) is 0. The van der Waals surface area contributed by atoms with Crippen molar-refractivity contribution in [1.29, 1.82) is 0 Å². The fourth-order valence-corrected chi connectivity index (χ4v) is 7.31. The van der Waals surface area contributed by atoms with Crippen LogP contribution in [0.2, 0.25) is 0 Å². The van der Waals surface area contributed by atoms with Crippen LogP contribution in [-0.2, 0) is 0 Å². The molecule has 264 valence electrons. The molecule has 1 aromatic heterocycles. The Kier molecular flexibility index (Phi) is 10.0. The Morgan fingerprint density at radius 3 is 1.84 bits per heavy atom. The van der Waals surface area contributed by atoms with Gasteiger partial charge in [-0.15, -0.1) is 0 Å². The zero-order chi connectivity index (χ0) is 37.6. The van der Waals surface area contributed by atoms with Gasteiger partial charge in [-0.1, -0.05) is 176 Å². The van der Waals surface area contributed by atoms with Crippen molar-refractivity contribution in [2.45, 2.75) is 6.92 Å². The highest BCUT2D eigenvalue weighted by Gasteiger charge is 2.19. The molecule has 0 aliphatic carbocycles. The zero-order valence-electron chi connectivity index (χ0n) is 31.0. The fraction of sp³-hybridized carbons (Fsp3) is 0.0189. The molecule has 0 radical (unpaired) electrons. The number of aromatic nitrogens is 1. The van der Waals surface area contributed by atoms with E-state index in [2.05, 4.69) is 211 Å². The lowest BCUT2D eigenvalue weighted by atomic mass is 9.97. The lowest BCUT2D eigenvalue weighted by Gasteiger charge is -2.16. The summed E-state index contributed by atoms with van der Waals surface area (Å²) < 4.78 is 2.41. The van der Waals surface area contributed by atoms with Gasteiger partial charge in [-0.2, -0.15) is 0 Å². The van der Waals surface area contributed by atoms with Crippen molar-refractivity contribution in [3.05, 3.63) is 225 Å². The quantitative estimate of drug-likeness (QED) is 0.156. The monoisotopic (exact) mass is 706 g/mol. The molecule has 0 saturated carbocycles. The number of benzene rings is 8. The van der Waals surface area contributed by atoms with Crippen molar-refractivity contribution in [3.63, 3.8) is 0 Å². The average molecular weight is 707 g/mol. The standard InChI is InChI=1S/C46H32N2.C7H10/c1-3-12-32(13-4-1)36-18-11-19-37(30-36)34-22-25-39(26-23-34)47-42-28-29-44-46(45(42)35-15-5-2-6-16-35)41-20-9-10-21-43(41)48(44)40-27-24-33-14-7-8-17-38(33)31-40;1-4-5-6-7(2)3/h1-31,47H;4-6H,1-2H2,3H3/b;6-5-. The molecule has 2 nitrogen and oxygen atoms in total. The smallest absolute Gasteiger partial charge is 0.0548 e. The molecule has 1 N–H and O–H groups in total. The maximum atomic E-state index is 3.81. The molecule has 0 aliphatic heterocycles. The first kappa shape index (κ1) is 34.9. The van der Waals surface area contributed by atoms with Crippen molar-refractivity contribution in [1.82, 2.24) is 4.57 Å². The Morgan fingerprint density at radius 2 is 1.15 bits per heavy atom. The number of nitrogens with one attached hydrogen (secondary N) is 1. The van der Waals surface area contributed by atoms with E-state index in [0.29, 0.717) is 0 Å². The zero-order valence-corrected chi connectivity index (χ0v) is 31.0. The van der Waals surface area contributed by atoms with Crippen LogP contribution < -0.4 is 5.32 Å². The van der Waals surface area contributed by atoms with E-state index in [9.17, 15) is 0 Å². The molecule has 8 aromatic carbocycles. The van der Waals surface area contributed by atoms with Crippen LogP contribution in [-0.4, -0.2) is 4.57 Å². The number of anilines is 2. The minimum atomic E-state index is 1.05. The van der Waals surface area contributed by atoms with Crippen LogP contribution in [0.3, 0.4) is 0 Å². The first-order chi connectivity index (χ1) is 27.1. The minimum absolute atomic E-state index is 1.05. The van der Waals surface area contributed by atoms with Gasteiger partial charge in [-0.3, -0.25) is 0 Å². The van der Waals surface area contributed by atoms with E-state index in [0.717, 1.165) is 22.6 Å². The van der Waals surface area contributed by atoms with Crippen LogP contribution in [0.25, 0.3) is 71.6 Å². The topological polar surface area (TPSA) is 17.0 Å². The van der Waals surface area contributed by atoms with Gasteiger partial charge in [0.15, 0.2) is 0 Å². The molecule has 9 aromatic rings. The van der Waals surface area contributed by atoms with Crippen LogP contribution in [0.5, 0.6) is 0 Å². The molecule has 1 heterocycles. The molecule has 0 atom stereocenters. The maximum Gasteiger partial charge on any atom is 0.0548 e. The summed E-state index contributed by atoms with van der Waals surface area (Å²) in [5.74, 6) is 0. The molecule has 0 bridgehead atoms. The van der Waals surface area contributed by atoms with E-state index < -0.39 is 0 Å². The Balaban J connectivity index is 0.000000560. The fourth-order valence-electron chi connectivity index (χ4n) is 7.31. The van der Waals surface area contributed by atoms with Gasteiger partial charge in [-0.05, 0) is 94.0 Å². The summed E-state index contributed by atoms with van der Waals surface area (Å²) in [5.41, 5.74) is 13.9. The normalized spacial score (nSPS) is 11.1. The molecule has 0 unspecified atom stereocenters. The summed E-state index contributed by atoms with van der Waals surface area (Å²) >= 11 is 0. The number of hydrogen-bond donors (Lipinski definition) is 1. The lowest BCUT2D eigenvalue weighted by molar-refractivity contribution is 1.19. The first-order valence-electron chi connectivity index (χ1n) is 18.7. The third-order valence-corrected chi connectivity index (χ3v) is 9.88. The molecular formula is C53H42N2. The minimum Gasteiger partial charge on any atom is -0.355 e. The number of hydrogen-bond acceptors (Lipinski definition) is 1. The Morgan fingerprint density at radius 1 is 0.527 bits per heavy atom. The largest absolute Gasteiger partial charge is 0.355 e. The molecule has 55 heavy (non-hydrogen) atoms. The summed E-state index contributed by atoms with van der Waals surface area (Å²) in [5, 5.41) is 8.76. The van der Waals surface area contributed by atoms with Gasteiger partial charge in [0.25, 0.3) is 0 Å². The maximum absolute atomic E-state index is 3.81. The van der Waals surface area contributed by atoms with E-state index in [4.69, 9.17) is 0 Å². The highest BCUT2D eigenvalue weighted by Crippen LogP contribution is 2.43. The Bertz CT molecular complexity index is 2800. The summed E-state index contributed by atoms with van der Waals surface area (Å²) in [6, 6.07) is 67.4. The van der Waals surface area contributed by atoms with Gasteiger partial charge in [0.1, 0.15) is 0 Å². The van der Waals surface area contributed by atoms with Crippen molar-refractivity contribution in [3.8, 4) is 39.1 Å². The summed E-state index contributed by atoms with van der Waals surface area (Å²) in [6.45, 7) is 9.11. The van der Waals surface area contributed by atoms with Gasteiger partial charge in [0.05, 0.1) is 11.0 Å². The average Bonchev–Trinajstić information content (AvgIpc) is 3.58. The highest BCUT2D eigenvalue weighted by atomic mass is 15.0. The number of allylic oxidation sites excluding steroid dienone is 4. The lowest BCUT2D eigenvalue weighted by Crippen LogP contribution is -1.97. The van der Waals surface area contributed by atoms with Crippen molar-refractivity contribution in [2.75, 3.05) is 5.32 Å². The SMILES string of the molecule is C=C/C=C\C(=C)C.c1ccc(-c2cccc(-c3ccc(Nc4ccc5c(c4-c4ccccc4)c4ccccc4n5-c4ccc5ccccc5c4)cc3)c2)cc1. The molecule has 0 fully saturated rings. The second-order valence-corrected chi connectivity index (χ2v) is 13.7. The number of fused-ring (bicyclic) bond motifs is 4. The third kappa shape index (κ3) is 7.40. The van der Waals surface area contributed by atoms with Gasteiger partial charge >= 0.3 is 0 Å². The summed E-state index contributed by atoms with van der Waals surface area (Å²) in [4.78, 5) is 0. The van der Waals surface area contributed by atoms with Crippen molar-refractivity contribution >= 4 is 44.0 Å². The third-order valence-electron chi connectivity index (χ3n) is 9.88. The van der Waals surface area contributed by atoms with E-state index in [-0.39, 0.29) is 0 Å². The van der Waals surface area contributed by atoms with Gasteiger partial charge in [0, 0.05) is 33.4 Å². The summed E-state index contributed by atoms with van der Waals surface area (Å²) in [6.07, 6.45) is 5.50. The molecule has 0 amide bonds.